The van der Waals surface area contributed by atoms with E-state index < -0.39 is 0 Å². The Balaban J connectivity index is 2.49. The van der Waals surface area contributed by atoms with Crippen LogP contribution in [0.5, 0.6) is 0 Å². The lowest BCUT2D eigenvalue weighted by molar-refractivity contribution is -0.180. The monoisotopic (exact) mass is 216 g/mol. The minimum atomic E-state index is -0.372. The van der Waals surface area contributed by atoms with Crippen molar-refractivity contribution in [3.8, 4) is 0 Å². The van der Waals surface area contributed by atoms with Gasteiger partial charge in [-0.3, -0.25) is 0 Å². The highest BCUT2D eigenvalue weighted by molar-refractivity contribution is 4.78. The minimum absolute atomic E-state index is 0.249. The van der Waals surface area contributed by atoms with Crippen LogP contribution >= 0.6 is 0 Å². The lowest BCUT2D eigenvalue weighted by Gasteiger charge is -2.31. The van der Waals surface area contributed by atoms with Crippen LogP contribution in [-0.2, 0) is 9.47 Å². The van der Waals surface area contributed by atoms with Crippen LogP contribution in [0.15, 0.2) is 0 Å². The van der Waals surface area contributed by atoms with Crippen LogP contribution in [0.4, 0.5) is 0 Å². The van der Waals surface area contributed by atoms with Crippen LogP contribution < -0.4 is 0 Å². The predicted molar refractivity (Wildman–Crippen MR) is 59.6 cm³/mol. The van der Waals surface area contributed by atoms with Gasteiger partial charge in [-0.15, -0.1) is 0 Å². The van der Waals surface area contributed by atoms with Crippen molar-refractivity contribution in [1.82, 2.24) is 0 Å². The zero-order valence-electron chi connectivity index (χ0n) is 10.2. The molecule has 1 aliphatic rings. The fourth-order valence-electron chi connectivity index (χ4n) is 2.29. The third kappa shape index (κ3) is 4.09. The summed E-state index contributed by atoms with van der Waals surface area (Å²) in [6, 6.07) is 0. The summed E-state index contributed by atoms with van der Waals surface area (Å²) < 4.78 is 11.5. The van der Waals surface area contributed by atoms with Crippen molar-refractivity contribution < 1.29 is 14.6 Å². The number of rotatable bonds is 6. The highest BCUT2D eigenvalue weighted by Crippen LogP contribution is 2.34. The molecule has 0 saturated carbocycles. The fourth-order valence-corrected chi connectivity index (χ4v) is 2.29. The average Bonchev–Trinajstić information content (AvgIpc) is 2.51. The Bertz CT molecular complexity index is 174. The van der Waals surface area contributed by atoms with Gasteiger partial charge >= 0.3 is 0 Å². The molecule has 0 aromatic rings. The van der Waals surface area contributed by atoms with E-state index in [1.165, 1.54) is 0 Å². The van der Waals surface area contributed by atoms with Crippen LogP contribution in [-0.4, -0.2) is 30.7 Å². The second kappa shape index (κ2) is 5.83. The highest BCUT2D eigenvalue weighted by atomic mass is 16.7. The fraction of sp³-hybridized carbons (Fsp3) is 1.00. The summed E-state index contributed by atoms with van der Waals surface area (Å²) in [7, 11) is 0. The lowest BCUT2D eigenvalue weighted by Crippen LogP contribution is -2.34. The summed E-state index contributed by atoms with van der Waals surface area (Å²) >= 11 is 0. The maximum atomic E-state index is 8.89. The molecule has 3 nitrogen and oxygen atoms in total. The van der Waals surface area contributed by atoms with Gasteiger partial charge in [-0.2, -0.15) is 0 Å². The molecule has 1 saturated heterocycles. The van der Waals surface area contributed by atoms with E-state index in [1.54, 1.807) is 0 Å². The molecule has 1 heterocycles. The Morgan fingerprint density at radius 1 is 1.13 bits per heavy atom. The number of ether oxygens (including phenoxy) is 2. The van der Waals surface area contributed by atoms with E-state index in [0.717, 1.165) is 19.3 Å². The number of aliphatic hydroxyl groups excluding tert-OH is 1. The standard InChI is InChI=1S/C12H24O3/c1-10(2)8-12(14-6-7-15-12)9-11(3)4-5-13/h10-11,13H,4-9H2,1-3H3/t11-/m1/s1. The molecule has 0 radical (unpaired) electrons. The Kier molecular flexibility index (Phi) is 5.03. The zero-order chi connectivity index (χ0) is 11.3. The number of hydrogen-bond donors (Lipinski definition) is 1. The minimum Gasteiger partial charge on any atom is -0.396 e. The Morgan fingerprint density at radius 3 is 2.20 bits per heavy atom. The molecule has 90 valence electrons. The average molecular weight is 216 g/mol. The molecule has 0 aliphatic carbocycles. The molecule has 1 atom stereocenters. The second-order valence-corrected chi connectivity index (χ2v) is 5.03. The van der Waals surface area contributed by atoms with Gasteiger partial charge in [0, 0.05) is 19.4 Å². The summed E-state index contributed by atoms with van der Waals surface area (Å²) in [6.45, 7) is 8.17. The molecule has 1 rings (SSSR count). The van der Waals surface area contributed by atoms with E-state index in [0.29, 0.717) is 25.0 Å². The van der Waals surface area contributed by atoms with Crippen LogP contribution in [0.25, 0.3) is 0 Å². The maximum absolute atomic E-state index is 8.89. The quantitative estimate of drug-likeness (QED) is 0.739. The molecule has 0 aromatic heterocycles. The largest absolute Gasteiger partial charge is 0.396 e. The van der Waals surface area contributed by atoms with Gasteiger partial charge in [-0.05, 0) is 18.3 Å². The van der Waals surface area contributed by atoms with Gasteiger partial charge in [0.1, 0.15) is 0 Å². The first-order valence-corrected chi connectivity index (χ1v) is 5.97. The Morgan fingerprint density at radius 2 is 1.73 bits per heavy atom. The molecule has 3 heteroatoms. The Labute approximate surface area is 92.8 Å². The summed E-state index contributed by atoms with van der Waals surface area (Å²) in [5.74, 6) is 0.652. The van der Waals surface area contributed by atoms with Gasteiger partial charge in [0.15, 0.2) is 5.79 Å². The van der Waals surface area contributed by atoms with E-state index >= 15 is 0 Å². The summed E-state index contributed by atoms with van der Waals surface area (Å²) in [5.41, 5.74) is 0. The van der Waals surface area contributed by atoms with Crippen molar-refractivity contribution in [3.63, 3.8) is 0 Å². The molecular weight excluding hydrogens is 192 g/mol. The van der Waals surface area contributed by atoms with E-state index in [2.05, 4.69) is 20.8 Å². The van der Waals surface area contributed by atoms with Crippen molar-refractivity contribution in [2.24, 2.45) is 11.8 Å². The van der Waals surface area contributed by atoms with Crippen LogP contribution in [0, 0.1) is 11.8 Å². The third-order valence-electron chi connectivity index (χ3n) is 2.81. The van der Waals surface area contributed by atoms with Crippen LogP contribution in [0.2, 0.25) is 0 Å². The Hall–Kier alpha value is -0.120. The highest BCUT2D eigenvalue weighted by Gasteiger charge is 2.38. The van der Waals surface area contributed by atoms with Gasteiger partial charge in [0.25, 0.3) is 0 Å². The normalized spacial score (nSPS) is 22.2. The number of aliphatic hydroxyl groups is 1. The van der Waals surface area contributed by atoms with E-state index in [1.807, 2.05) is 0 Å². The maximum Gasteiger partial charge on any atom is 0.169 e. The van der Waals surface area contributed by atoms with Crippen LogP contribution in [0.3, 0.4) is 0 Å². The first kappa shape index (κ1) is 12.9. The first-order chi connectivity index (χ1) is 7.08. The molecule has 0 spiro atoms. The van der Waals surface area contributed by atoms with Gasteiger partial charge in [0.05, 0.1) is 13.2 Å². The van der Waals surface area contributed by atoms with Crippen LogP contribution in [0.1, 0.15) is 40.0 Å². The summed E-state index contributed by atoms with van der Waals surface area (Å²) in [4.78, 5) is 0. The third-order valence-corrected chi connectivity index (χ3v) is 2.81. The molecule has 0 aromatic carbocycles. The molecule has 0 bridgehead atoms. The van der Waals surface area contributed by atoms with Gasteiger partial charge in [-0.25, -0.2) is 0 Å². The molecule has 0 amide bonds. The topological polar surface area (TPSA) is 38.7 Å². The van der Waals surface area contributed by atoms with Crippen molar-refractivity contribution in [1.29, 1.82) is 0 Å². The lowest BCUT2D eigenvalue weighted by atomic mass is 9.92. The van der Waals surface area contributed by atoms with E-state index in [-0.39, 0.29) is 12.4 Å². The van der Waals surface area contributed by atoms with Gasteiger partial charge < -0.3 is 14.6 Å². The summed E-state index contributed by atoms with van der Waals surface area (Å²) in [6.07, 6.45) is 2.67. The van der Waals surface area contributed by atoms with Gasteiger partial charge in [-0.1, -0.05) is 20.8 Å². The van der Waals surface area contributed by atoms with E-state index in [4.69, 9.17) is 14.6 Å². The molecule has 0 unspecified atom stereocenters. The molecule has 1 aliphatic heterocycles. The molecule has 1 N–H and O–H groups in total. The van der Waals surface area contributed by atoms with Crippen molar-refractivity contribution >= 4 is 0 Å². The number of hydrogen-bond acceptors (Lipinski definition) is 3. The summed E-state index contributed by atoms with van der Waals surface area (Å²) in [5, 5.41) is 8.89. The first-order valence-electron chi connectivity index (χ1n) is 5.97. The molecule has 15 heavy (non-hydrogen) atoms. The SMILES string of the molecule is CC(C)CC1(C[C@H](C)CCO)OCCO1. The smallest absolute Gasteiger partial charge is 0.169 e. The van der Waals surface area contributed by atoms with Crippen molar-refractivity contribution in [2.75, 3.05) is 19.8 Å². The second-order valence-electron chi connectivity index (χ2n) is 5.03. The molecular formula is C12H24O3. The van der Waals surface area contributed by atoms with Crippen molar-refractivity contribution in [3.05, 3.63) is 0 Å². The predicted octanol–water partition coefficient (Wildman–Crippen LogP) is 2.18. The molecule has 1 fully saturated rings. The van der Waals surface area contributed by atoms with Gasteiger partial charge in [0.2, 0.25) is 0 Å². The van der Waals surface area contributed by atoms with E-state index in [9.17, 15) is 0 Å². The van der Waals surface area contributed by atoms with Crippen molar-refractivity contribution in [2.45, 2.75) is 45.8 Å². The zero-order valence-corrected chi connectivity index (χ0v) is 10.2.